The van der Waals surface area contributed by atoms with E-state index >= 15 is 0 Å². The van der Waals surface area contributed by atoms with Crippen molar-refractivity contribution in [3.05, 3.63) is 48.0 Å². The van der Waals surface area contributed by atoms with Gasteiger partial charge >= 0.3 is 0 Å². The van der Waals surface area contributed by atoms with Crippen LogP contribution in [0.5, 0.6) is 0 Å². The van der Waals surface area contributed by atoms with Gasteiger partial charge in [0.05, 0.1) is 5.33 Å². The summed E-state index contributed by atoms with van der Waals surface area (Å²) in [5.41, 5.74) is 0.695. The van der Waals surface area contributed by atoms with Crippen molar-refractivity contribution in [2.45, 2.75) is 5.79 Å². The largest absolute Gasteiger partial charge is 0.343 e. The number of hydrogen-bond donors (Lipinski definition) is 0. The molecule has 0 fully saturated rings. The summed E-state index contributed by atoms with van der Waals surface area (Å²) in [7, 11) is 2.94. The lowest BCUT2D eigenvalue weighted by atomic mass is 9.98. The molecule has 0 aliphatic heterocycles. The van der Waals surface area contributed by atoms with Crippen molar-refractivity contribution in [3.8, 4) is 0 Å². The molecule has 0 saturated heterocycles. The first-order valence-electron chi connectivity index (χ1n) is 5.87. The van der Waals surface area contributed by atoms with Gasteiger partial charge in [0, 0.05) is 19.8 Å². The summed E-state index contributed by atoms with van der Waals surface area (Å²) in [4.78, 5) is 12.1. The van der Waals surface area contributed by atoms with E-state index in [2.05, 4.69) is 15.9 Å². The number of ketones is 1. The van der Waals surface area contributed by atoms with Gasteiger partial charge in [0.1, 0.15) is 0 Å². The molecule has 0 aromatic heterocycles. The standard InChI is InChI=1S/C15H15BrO3/c1-18-15(19-2,14(17)10-16)13-8-7-11-5-3-4-6-12(11)9-13/h3-9H,10H2,1-2H3. The van der Waals surface area contributed by atoms with Crippen LogP contribution in [0, 0.1) is 0 Å². The van der Waals surface area contributed by atoms with Gasteiger partial charge in [0.2, 0.25) is 5.78 Å². The van der Waals surface area contributed by atoms with Crippen molar-refractivity contribution < 1.29 is 14.3 Å². The average molecular weight is 323 g/mol. The molecule has 0 bridgehead atoms. The average Bonchev–Trinajstić information content (AvgIpc) is 2.48. The third-order valence-electron chi connectivity index (χ3n) is 3.19. The minimum Gasteiger partial charge on any atom is -0.343 e. The zero-order valence-electron chi connectivity index (χ0n) is 10.9. The van der Waals surface area contributed by atoms with Crippen LogP contribution in [0.15, 0.2) is 42.5 Å². The van der Waals surface area contributed by atoms with E-state index in [9.17, 15) is 4.79 Å². The quantitative estimate of drug-likeness (QED) is 0.626. The maximum atomic E-state index is 12.1. The number of ether oxygens (including phenoxy) is 2. The van der Waals surface area contributed by atoms with Crippen LogP contribution in [0.2, 0.25) is 0 Å². The van der Waals surface area contributed by atoms with Gasteiger partial charge in [-0.25, -0.2) is 0 Å². The molecule has 0 atom stereocenters. The SMILES string of the molecule is COC(OC)(C(=O)CBr)c1ccc2ccccc2c1. The highest BCUT2D eigenvalue weighted by molar-refractivity contribution is 9.09. The summed E-state index contributed by atoms with van der Waals surface area (Å²) >= 11 is 3.17. The number of hydrogen-bond acceptors (Lipinski definition) is 3. The second kappa shape index (κ2) is 5.82. The van der Waals surface area contributed by atoms with Gasteiger partial charge in [-0.15, -0.1) is 0 Å². The lowest BCUT2D eigenvalue weighted by Gasteiger charge is -2.29. The van der Waals surface area contributed by atoms with Crippen molar-refractivity contribution in [2.75, 3.05) is 19.5 Å². The van der Waals surface area contributed by atoms with Crippen LogP contribution in [0.3, 0.4) is 0 Å². The van der Waals surface area contributed by atoms with Crippen molar-refractivity contribution in [1.82, 2.24) is 0 Å². The molecule has 4 heteroatoms. The van der Waals surface area contributed by atoms with E-state index in [4.69, 9.17) is 9.47 Å². The zero-order valence-corrected chi connectivity index (χ0v) is 12.4. The summed E-state index contributed by atoms with van der Waals surface area (Å²) in [5, 5.41) is 2.32. The molecule has 0 unspecified atom stereocenters. The van der Waals surface area contributed by atoms with E-state index in [1.807, 2.05) is 42.5 Å². The molecule has 0 saturated carbocycles. The Morgan fingerprint density at radius 1 is 1.11 bits per heavy atom. The summed E-state index contributed by atoms with van der Waals surface area (Å²) in [5.74, 6) is -1.53. The molecular formula is C15H15BrO3. The number of rotatable bonds is 5. The van der Waals surface area contributed by atoms with E-state index in [1.54, 1.807) is 0 Å². The Bertz CT molecular complexity index is 591. The molecule has 2 aromatic rings. The molecule has 0 aliphatic rings. The van der Waals surface area contributed by atoms with Crippen molar-refractivity contribution in [2.24, 2.45) is 0 Å². The normalized spacial score (nSPS) is 11.7. The first-order chi connectivity index (χ1) is 9.17. The molecule has 100 valence electrons. The monoisotopic (exact) mass is 322 g/mol. The fourth-order valence-corrected chi connectivity index (χ4v) is 2.56. The molecule has 2 rings (SSSR count). The second-order valence-corrected chi connectivity index (χ2v) is 4.70. The van der Waals surface area contributed by atoms with E-state index < -0.39 is 5.79 Å². The molecule has 0 amide bonds. The van der Waals surface area contributed by atoms with Gasteiger partial charge in [-0.2, -0.15) is 0 Å². The predicted molar refractivity (Wildman–Crippen MR) is 78.4 cm³/mol. The number of halogens is 1. The number of alkyl halides is 1. The molecule has 0 spiro atoms. The molecule has 0 N–H and O–H groups in total. The summed E-state index contributed by atoms with van der Waals surface area (Å²) in [6, 6.07) is 13.7. The minimum absolute atomic E-state index is 0.168. The minimum atomic E-state index is -1.35. The molecule has 19 heavy (non-hydrogen) atoms. The fraction of sp³-hybridized carbons (Fsp3) is 0.267. The highest BCUT2D eigenvalue weighted by Gasteiger charge is 2.39. The van der Waals surface area contributed by atoms with Crippen LogP contribution < -0.4 is 0 Å². The highest BCUT2D eigenvalue weighted by Crippen LogP contribution is 2.30. The predicted octanol–water partition coefficient (Wildman–Crippen LogP) is 3.25. The summed E-state index contributed by atoms with van der Waals surface area (Å²) in [6.07, 6.45) is 0. The van der Waals surface area contributed by atoms with E-state index in [-0.39, 0.29) is 11.1 Å². The lowest BCUT2D eigenvalue weighted by molar-refractivity contribution is -0.211. The van der Waals surface area contributed by atoms with Gasteiger partial charge in [0.25, 0.3) is 5.79 Å². The molecule has 3 nitrogen and oxygen atoms in total. The number of methoxy groups -OCH3 is 2. The van der Waals surface area contributed by atoms with Gasteiger partial charge in [-0.1, -0.05) is 52.3 Å². The Labute approximate surface area is 120 Å². The Balaban J connectivity index is 2.59. The van der Waals surface area contributed by atoms with Gasteiger partial charge in [-0.05, 0) is 16.8 Å². The van der Waals surface area contributed by atoms with Crippen LogP contribution in [-0.2, 0) is 20.1 Å². The zero-order chi connectivity index (χ0) is 13.9. The first-order valence-corrected chi connectivity index (χ1v) is 6.99. The van der Waals surface area contributed by atoms with Crippen molar-refractivity contribution >= 4 is 32.5 Å². The number of fused-ring (bicyclic) bond motifs is 1. The van der Waals surface area contributed by atoms with Crippen LogP contribution in [0.4, 0.5) is 0 Å². The summed E-state index contributed by atoms with van der Waals surface area (Å²) < 4.78 is 10.7. The molecule has 0 heterocycles. The van der Waals surface area contributed by atoms with Crippen LogP contribution >= 0.6 is 15.9 Å². The van der Waals surface area contributed by atoms with Crippen LogP contribution in [0.25, 0.3) is 10.8 Å². The second-order valence-electron chi connectivity index (χ2n) is 4.14. The number of carbonyl (C=O) groups is 1. The van der Waals surface area contributed by atoms with Crippen molar-refractivity contribution in [1.29, 1.82) is 0 Å². The Kier molecular flexibility index (Phi) is 4.34. The number of Topliss-reactive ketones (excluding diaryl/α,β-unsaturated/α-hetero) is 1. The summed E-state index contributed by atoms with van der Waals surface area (Å²) in [6.45, 7) is 0. The van der Waals surface area contributed by atoms with Gasteiger partial charge < -0.3 is 9.47 Å². The molecular weight excluding hydrogens is 308 g/mol. The van der Waals surface area contributed by atoms with Crippen LogP contribution in [-0.4, -0.2) is 25.3 Å². The van der Waals surface area contributed by atoms with Gasteiger partial charge in [-0.3, -0.25) is 4.79 Å². The topological polar surface area (TPSA) is 35.5 Å². The van der Waals surface area contributed by atoms with E-state index in [0.29, 0.717) is 5.56 Å². The Morgan fingerprint density at radius 3 is 2.32 bits per heavy atom. The highest BCUT2D eigenvalue weighted by atomic mass is 79.9. The Morgan fingerprint density at radius 2 is 1.74 bits per heavy atom. The van der Waals surface area contributed by atoms with E-state index in [0.717, 1.165) is 10.8 Å². The lowest BCUT2D eigenvalue weighted by Crippen LogP contribution is -2.40. The smallest absolute Gasteiger partial charge is 0.256 e. The Hall–Kier alpha value is -1.23. The first kappa shape index (κ1) is 14.2. The number of carbonyl (C=O) groups excluding carboxylic acids is 1. The third-order valence-corrected chi connectivity index (χ3v) is 3.70. The van der Waals surface area contributed by atoms with Crippen LogP contribution in [0.1, 0.15) is 5.56 Å². The molecule has 0 radical (unpaired) electrons. The maximum Gasteiger partial charge on any atom is 0.256 e. The third kappa shape index (κ3) is 2.43. The fourth-order valence-electron chi connectivity index (χ4n) is 2.19. The molecule has 0 aliphatic carbocycles. The maximum absolute atomic E-state index is 12.1. The van der Waals surface area contributed by atoms with Crippen molar-refractivity contribution in [3.63, 3.8) is 0 Å². The number of benzene rings is 2. The molecule has 2 aromatic carbocycles. The van der Waals surface area contributed by atoms with Gasteiger partial charge in [0.15, 0.2) is 0 Å². The van der Waals surface area contributed by atoms with E-state index in [1.165, 1.54) is 14.2 Å².